The zero-order chi connectivity index (χ0) is 46.8. The molecule has 0 bridgehead atoms. The molecule has 7 aromatic carbocycles. The number of para-hydroxylation sites is 1. The fraction of sp³-hybridized carbons (Fsp3) is 0.230. The SMILES string of the molecule is CC(C)(C)c1ccnc(-c2[c-]cccc2)n1.CC(C)c1cc(-c2ccccc2)cc(C(C)C)c1-n1c(-c2[c-]ccc3c2oc2c3ccc3c4ccccc4oc32)nc2ccc(C(C)(C)C)cc21.[Ir]. The van der Waals surface area contributed by atoms with Crippen molar-refractivity contribution in [2.75, 3.05) is 0 Å². The number of imidazole rings is 1. The quantitative estimate of drug-likeness (QED) is 0.155. The van der Waals surface area contributed by atoms with Crippen molar-refractivity contribution in [3.8, 4) is 39.6 Å². The van der Waals surface area contributed by atoms with Crippen molar-refractivity contribution in [2.24, 2.45) is 0 Å². The maximum absolute atomic E-state index is 6.90. The summed E-state index contributed by atoms with van der Waals surface area (Å²) in [5.74, 6) is 2.07. The molecule has 68 heavy (non-hydrogen) atoms. The number of nitrogens with zero attached hydrogens (tertiary/aromatic N) is 4. The van der Waals surface area contributed by atoms with Crippen LogP contribution in [0.15, 0.2) is 155 Å². The molecule has 0 N–H and O–H groups in total. The van der Waals surface area contributed by atoms with E-state index >= 15 is 0 Å². The Kier molecular flexibility index (Phi) is 12.4. The van der Waals surface area contributed by atoms with E-state index < -0.39 is 0 Å². The first-order valence-corrected chi connectivity index (χ1v) is 23.4. The molecule has 0 aliphatic heterocycles. The number of fused-ring (bicyclic) bond motifs is 8. The summed E-state index contributed by atoms with van der Waals surface area (Å²) in [6.07, 6.45) is 1.81. The second-order valence-corrected chi connectivity index (χ2v) is 20.3. The van der Waals surface area contributed by atoms with Crippen molar-refractivity contribution in [1.82, 2.24) is 19.5 Å². The Morgan fingerprint density at radius 3 is 1.90 bits per heavy atom. The molecule has 11 rings (SSSR count). The number of hydrogen-bond donors (Lipinski definition) is 0. The zero-order valence-electron chi connectivity index (χ0n) is 40.4. The Morgan fingerprint density at radius 1 is 0.559 bits per heavy atom. The molecule has 1 radical (unpaired) electrons. The van der Waals surface area contributed by atoms with E-state index in [1.54, 1.807) is 0 Å². The molecule has 4 aromatic heterocycles. The van der Waals surface area contributed by atoms with Crippen LogP contribution in [0.5, 0.6) is 0 Å². The van der Waals surface area contributed by atoms with Crippen molar-refractivity contribution in [3.63, 3.8) is 0 Å². The first-order valence-electron chi connectivity index (χ1n) is 23.4. The van der Waals surface area contributed by atoms with Crippen LogP contribution in [-0.4, -0.2) is 19.5 Å². The molecule has 0 atom stereocenters. The summed E-state index contributed by atoms with van der Waals surface area (Å²) in [5, 5.41) is 4.16. The standard InChI is InChI=1S/C47H41N2O2.C14H15N2.Ir/c1-27(2)37-24-30(29-14-9-8-10-15-29)25-38(28(3)4)42(37)49-40-26-31(47(5,6)7)20-23-39(40)48-46(49)36-18-13-17-33-35-22-21-34-32-16-11-12-19-41(32)50-44(34)45(35)51-43(33)36;1-14(2,3)12-9-10-15-13(16-12)11-7-5-4-6-8-11;/h8-17,19-28H,1-7H3;4-7,9-10H,1-3H3;/q2*-1;. The van der Waals surface area contributed by atoms with Crippen LogP contribution in [0.25, 0.3) is 94.5 Å². The predicted molar refractivity (Wildman–Crippen MR) is 277 cm³/mol. The van der Waals surface area contributed by atoms with Crippen LogP contribution in [0.4, 0.5) is 0 Å². The Balaban J connectivity index is 0.000000289. The van der Waals surface area contributed by atoms with E-state index in [9.17, 15) is 0 Å². The van der Waals surface area contributed by atoms with Gasteiger partial charge in [-0.15, -0.1) is 54.1 Å². The number of benzene rings is 7. The van der Waals surface area contributed by atoms with Gasteiger partial charge in [-0.2, -0.15) is 0 Å². The summed E-state index contributed by atoms with van der Waals surface area (Å²) in [5.41, 5.74) is 15.4. The average Bonchev–Trinajstić information content (AvgIpc) is 4.03. The maximum Gasteiger partial charge on any atom is 0.177 e. The van der Waals surface area contributed by atoms with Gasteiger partial charge in [-0.05, 0) is 87.5 Å². The van der Waals surface area contributed by atoms with Crippen molar-refractivity contribution in [1.29, 1.82) is 0 Å². The first kappa shape index (κ1) is 46.4. The van der Waals surface area contributed by atoms with E-state index in [4.69, 9.17) is 13.8 Å². The van der Waals surface area contributed by atoms with E-state index in [1.165, 1.54) is 33.5 Å². The summed E-state index contributed by atoms with van der Waals surface area (Å²) in [6.45, 7) is 22.4. The molecule has 0 aliphatic rings. The predicted octanol–water partition coefficient (Wildman–Crippen LogP) is 16.7. The smallest absolute Gasteiger partial charge is 0.177 e. The summed E-state index contributed by atoms with van der Waals surface area (Å²) in [4.78, 5) is 14.3. The monoisotopic (exact) mass is 1070 g/mol. The van der Waals surface area contributed by atoms with Crippen molar-refractivity contribution < 1.29 is 28.9 Å². The van der Waals surface area contributed by atoms with Crippen molar-refractivity contribution in [3.05, 3.63) is 180 Å². The number of rotatable bonds is 6. The molecule has 0 saturated heterocycles. The first-order chi connectivity index (χ1) is 32.2. The van der Waals surface area contributed by atoms with Crippen LogP contribution in [0, 0.1) is 12.1 Å². The second-order valence-electron chi connectivity index (χ2n) is 20.3. The molecule has 343 valence electrons. The third-order valence-electron chi connectivity index (χ3n) is 12.8. The molecule has 4 heterocycles. The summed E-state index contributed by atoms with van der Waals surface area (Å²) in [7, 11) is 0. The molecule has 7 heteroatoms. The van der Waals surface area contributed by atoms with Gasteiger partial charge in [-0.25, -0.2) is 0 Å². The van der Waals surface area contributed by atoms with Gasteiger partial charge in [-0.1, -0.05) is 141 Å². The summed E-state index contributed by atoms with van der Waals surface area (Å²) >= 11 is 0. The van der Waals surface area contributed by atoms with Gasteiger partial charge in [0.1, 0.15) is 5.58 Å². The molecule has 0 fully saturated rings. The minimum absolute atomic E-state index is 0. The Bertz CT molecular complexity index is 3570. The molecule has 0 amide bonds. The average molecular weight is 1070 g/mol. The van der Waals surface area contributed by atoms with Crippen LogP contribution in [-0.2, 0) is 30.9 Å². The van der Waals surface area contributed by atoms with E-state index in [0.29, 0.717) is 0 Å². The molecular weight excluding hydrogens is 1010 g/mol. The van der Waals surface area contributed by atoms with E-state index in [1.807, 2.05) is 60.8 Å². The second kappa shape index (κ2) is 18.1. The molecule has 6 nitrogen and oxygen atoms in total. The Labute approximate surface area is 412 Å². The number of hydrogen-bond acceptors (Lipinski definition) is 5. The van der Waals surface area contributed by atoms with Gasteiger partial charge in [0.2, 0.25) is 0 Å². The van der Waals surface area contributed by atoms with Gasteiger partial charge in [0.25, 0.3) is 0 Å². The van der Waals surface area contributed by atoms with Crippen LogP contribution >= 0.6 is 0 Å². The summed E-state index contributed by atoms with van der Waals surface area (Å²) in [6, 6.07) is 55.3. The molecule has 0 saturated carbocycles. The minimum atomic E-state index is -0.0365. The molecule has 0 aliphatic carbocycles. The maximum atomic E-state index is 6.90. The Morgan fingerprint density at radius 2 is 1.22 bits per heavy atom. The third kappa shape index (κ3) is 8.48. The van der Waals surface area contributed by atoms with Crippen LogP contribution in [0.2, 0.25) is 0 Å². The molecule has 0 unspecified atom stereocenters. The Hall–Kier alpha value is -6.66. The van der Waals surface area contributed by atoms with Crippen molar-refractivity contribution in [2.45, 2.75) is 91.9 Å². The van der Waals surface area contributed by atoms with Gasteiger partial charge in [0.15, 0.2) is 11.2 Å². The van der Waals surface area contributed by atoms with Gasteiger partial charge < -0.3 is 13.4 Å². The van der Waals surface area contributed by atoms with Crippen LogP contribution in [0.3, 0.4) is 0 Å². The molecule has 11 aromatic rings. The normalized spacial score (nSPS) is 12.1. The number of furan rings is 2. The van der Waals surface area contributed by atoms with Gasteiger partial charge >= 0.3 is 0 Å². The van der Waals surface area contributed by atoms with Crippen LogP contribution in [0.1, 0.15) is 103 Å². The topological polar surface area (TPSA) is 69.9 Å². The van der Waals surface area contributed by atoms with Gasteiger partial charge in [0.05, 0.1) is 28.3 Å². The largest absolute Gasteiger partial charge is 0.497 e. The molecular formula is C61H56IrN4O2-2. The fourth-order valence-corrected chi connectivity index (χ4v) is 9.14. The van der Waals surface area contributed by atoms with E-state index in [-0.39, 0.29) is 42.8 Å². The van der Waals surface area contributed by atoms with Crippen LogP contribution < -0.4 is 0 Å². The zero-order valence-corrected chi connectivity index (χ0v) is 42.8. The van der Waals surface area contributed by atoms with E-state index in [2.05, 4.69) is 181 Å². The number of aromatic nitrogens is 4. The van der Waals surface area contributed by atoms with Gasteiger partial charge in [-0.3, -0.25) is 15.0 Å². The fourth-order valence-electron chi connectivity index (χ4n) is 9.14. The van der Waals surface area contributed by atoms with Gasteiger partial charge in [0, 0.05) is 59.3 Å². The minimum Gasteiger partial charge on any atom is -0.497 e. The third-order valence-corrected chi connectivity index (χ3v) is 12.8. The van der Waals surface area contributed by atoms with Crippen molar-refractivity contribution >= 4 is 54.9 Å². The summed E-state index contributed by atoms with van der Waals surface area (Å²) < 4.78 is 15.7. The van der Waals surface area contributed by atoms with E-state index in [0.717, 1.165) is 83.4 Å². The molecule has 0 spiro atoms.